The van der Waals surface area contributed by atoms with Gasteiger partial charge in [0.2, 0.25) is 15.9 Å². The second kappa shape index (κ2) is 7.68. The minimum atomic E-state index is -3.74. The molecule has 3 rings (SSSR count). The number of benzene rings is 1. The summed E-state index contributed by atoms with van der Waals surface area (Å²) in [6.07, 6.45) is 1.14. The van der Waals surface area contributed by atoms with Crippen LogP contribution in [0.3, 0.4) is 0 Å². The third-order valence-electron chi connectivity index (χ3n) is 4.23. The molecule has 2 aromatic rings. The van der Waals surface area contributed by atoms with Crippen LogP contribution in [-0.4, -0.2) is 42.1 Å². The summed E-state index contributed by atoms with van der Waals surface area (Å²) in [6.45, 7) is 4.23. The molecule has 0 N–H and O–H groups in total. The van der Waals surface area contributed by atoms with E-state index < -0.39 is 10.0 Å². The number of rotatable bonds is 4. The largest absolute Gasteiger partial charge is 0.472 e. The Labute approximate surface area is 163 Å². The summed E-state index contributed by atoms with van der Waals surface area (Å²) in [5, 5.41) is 8.49. The second-order valence-electron chi connectivity index (χ2n) is 6.29. The van der Waals surface area contributed by atoms with Crippen LogP contribution < -0.4 is 4.74 Å². The molecular formula is C17H19Cl2N3O3S. The first-order chi connectivity index (χ1) is 12.3. The molecule has 0 radical (unpaired) electrons. The first-order valence-electron chi connectivity index (χ1n) is 8.20. The Morgan fingerprint density at radius 3 is 2.62 bits per heavy atom. The van der Waals surface area contributed by atoms with Crippen LogP contribution in [0.5, 0.6) is 5.88 Å². The van der Waals surface area contributed by atoms with Crippen molar-refractivity contribution in [1.82, 2.24) is 14.5 Å². The average molecular weight is 416 g/mol. The van der Waals surface area contributed by atoms with Crippen molar-refractivity contribution in [2.24, 2.45) is 0 Å². The van der Waals surface area contributed by atoms with Crippen LogP contribution in [0.1, 0.15) is 24.1 Å². The molecule has 1 atom stereocenters. The Hall–Kier alpha value is -1.41. The summed E-state index contributed by atoms with van der Waals surface area (Å²) in [7, 11) is -3.74. The number of nitrogens with zero attached hydrogens (tertiary/aromatic N) is 3. The van der Waals surface area contributed by atoms with Gasteiger partial charge in [0.1, 0.15) is 11.0 Å². The Balaban J connectivity index is 1.80. The van der Waals surface area contributed by atoms with Crippen molar-refractivity contribution < 1.29 is 13.2 Å². The van der Waals surface area contributed by atoms with Crippen molar-refractivity contribution in [3.8, 4) is 5.88 Å². The van der Waals surface area contributed by atoms with Crippen LogP contribution in [0, 0.1) is 13.8 Å². The molecule has 1 aliphatic heterocycles. The molecule has 6 nitrogen and oxygen atoms in total. The zero-order chi connectivity index (χ0) is 18.9. The SMILES string of the molecule is Cc1ccc(OC2CCCN(S(=O)(=O)c3cc(C)c(Cl)cc3Cl)C2)nn1. The fourth-order valence-electron chi connectivity index (χ4n) is 2.81. The molecular weight excluding hydrogens is 397 g/mol. The van der Waals surface area contributed by atoms with Crippen LogP contribution in [0.25, 0.3) is 0 Å². The molecule has 26 heavy (non-hydrogen) atoms. The van der Waals surface area contributed by atoms with E-state index in [0.29, 0.717) is 29.4 Å². The molecule has 140 valence electrons. The van der Waals surface area contributed by atoms with E-state index in [4.69, 9.17) is 27.9 Å². The highest BCUT2D eigenvalue weighted by Crippen LogP contribution is 2.31. The Morgan fingerprint density at radius 2 is 1.92 bits per heavy atom. The molecule has 0 saturated carbocycles. The van der Waals surface area contributed by atoms with Gasteiger partial charge in [-0.3, -0.25) is 0 Å². The van der Waals surface area contributed by atoms with Gasteiger partial charge in [-0.05, 0) is 50.5 Å². The molecule has 0 amide bonds. The van der Waals surface area contributed by atoms with Crippen molar-refractivity contribution in [1.29, 1.82) is 0 Å². The van der Waals surface area contributed by atoms with E-state index in [-0.39, 0.29) is 22.6 Å². The molecule has 1 saturated heterocycles. The van der Waals surface area contributed by atoms with E-state index in [1.54, 1.807) is 19.1 Å². The van der Waals surface area contributed by atoms with Crippen molar-refractivity contribution in [2.45, 2.75) is 37.7 Å². The van der Waals surface area contributed by atoms with Gasteiger partial charge in [0.15, 0.2) is 0 Å². The summed E-state index contributed by atoms with van der Waals surface area (Å²) >= 11 is 12.2. The molecule has 1 aliphatic rings. The molecule has 0 spiro atoms. The number of aromatic nitrogens is 2. The minimum Gasteiger partial charge on any atom is -0.472 e. The third-order valence-corrected chi connectivity index (χ3v) is 6.97. The molecule has 1 aromatic heterocycles. The minimum absolute atomic E-state index is 0.0665. The number of hydrogen-bond acceptors (Lipinski definition) is 5. The van der Waals surface area contributed by atoms with Crippen molar-refractivity contribution in [3.63, 3.8) is 0 Å². The van der Waals surface area contributed by atoms with Crippen LogP contribution in [0.15, 0.2) is 29.2 Å². The number of ether oxygens (including phenoxy) is 1. The van der Waals surface area contributed by atoms with E-state index in [2.05, 4.69) is 10.2 Å². The highest BCUT2D eigenvalue weighted by atomic mass is 35.5. The molecule has 1 aromatic carbocycles. The Morgan fingerprint density at radius 1 is 1.15 bits per heavy atom. The fourth-order valence-corrected chi connectivity index (χ4v) is 5.12. The third kappa shape index (κ3) is 4.11. The predicted octanol–water partition coefficient (Wildman–Crippen LogP) is 3.63. The summed E-state index contributed by atoms with van der Waals surface area (Å²) in [4.78, 5) is 0.0665. The average Bonchev–Trinajstić information content (AvgIpc) is 2.60. The van der Waals surface area contributed by atoms with E-state index >= 15 is 0 Å². The lowest BCUT2D eigenvalue weighted by Crippen LogP contribution is -2.44. The molecule has 0 bridgehead atoms. The van der Waals surface area contributed by atoms with Gasteiger partial charge in [0.05, 0.1) is 17.3 Å². The molecule has 2 heterocycles. The van der Waals surface area contributed by atoms with Gasteiger partial charge in [-0.1, -0.05) is 23.2 Å². The van der Waals surface area contributed by atoms with Crippen molar-refractivity contribution >= 4 is 33.2 Å². The predicted molar refractivity (Wildman–Crippen MR) is 100 cm³/mol. The number of hydrogen-bond donors (Lipinski definition) is 0. The van der Waals surface area contributed by atoms with Gasteiger partial charge < -0.3 is 4.74 Å². The number of halogens is 2. The summed E-state index contributed by atoms with van der Waals surface area (Å²) < 4.78 is 33.3. The maximum Gasteiger partial charge on any atom is 0.244 e. The summed E-state index contributed by atoms with van der Waals surface area (Å²) in [6, 6.07) is 6.51. The van der Waals surface area contributed by atoms with Crippen LogP contribution in [0.4, 0.5) is 0 Å². The topological polar surface area (TPSA) is 72.4 Å². The summed E-state index contributed by atoms with van der Waals surface area (Å²) in [5.41, 5.74) is 1.45. The van der Waals surface area contributed by atoms with E-state index in [1.165, 1.54) is 16.4 Å². The van der Waals surface area contributed by atoms with Crippen molar-refractivity contribution in [2.75, 3.05) is 13.1 Å². The van der Waals surface area contributed by atoms with E-state index in [1.807, 2.05) is 6.92 Å². The first-order valence-corrected chi connectivity index (χ1v) is 10.4. The zero-order valence-electron chi connectivity index (χ0n) is 14.4. The first kappa shape index (κ1) is 19.4. The molecule has 1 fully saturated rings. The molecule has 0 aliphatic carbocycles. The maximum absolute atomic E-state index is 13.0. The lowest BCUT2D eigenvalue weighted by Gasteiger charge is -2.32. The Bertz CT molecular complexity index is 904. The lowest BCUT2D eigenvalue weighted by atomic mass is 10.1. The van der Waals surface area contributed by atoms with E-state index in [9.17, 15) is 8.42 Å². The van der Waals surface area contributed by atoms with Crippen LogP contribution in [-0.2, 0) is 10.0 Å². The van der Waals surface area contributed by atoms with Crippen LogP contribution >= 0.6 is 23.2 Å². The number of piperidine rings is 1. The summed E-state index contributed by atoms with van der Waals surface area (Å²) in [5.74, 6) is 0.389. The van der Waals surface area contributed by atoms with Crippen molar-refractivity contribution in [3.05, 3.63) is 45.6 Å². The monoisotopic (exact) mass is 415 g/mol. The highest BCUT2D eigenvalue weighted by molar-refractivity contribution is 7.89. The normalized spacial score (nSPS) is 18.7. The lowest BCUT2D eigenvalue weighted by molar-refractivity contribution is 0.123. The second-order valence-corrected chi connectivity index (χ2v) is 9.01. The van der Waals surface area contributed by atoms with Gasteiger partial charge >= 0.3 is 0 Å². The van der Waals surface area contributed by atoms with Gasteiger partial charge in [-0.25, -0.2) is 8.42 Å². The number of sulfonamides is 1. The standard InChI is InChI=1S/C17H19Cl2N3O3S/c1-11-8-16(15(19)9-14(11)18)26(23,24)22-7-3-4-13(10-22)25-17-6-5-12(2)20-21-17/h5-6,8-9,13H,3-4,7,10H2,1-2H3. The van der Waals surface area contributed by atoms with Gasteiger partial charge in [0.25, 0.3) is 0 Å². The smallest absolute Gasteiger partial charge is 0.244 e. The Kier molecular flexibility index (Phi) is 5.72. The van der Waals surface area contributed by atoms with Gasteiger partial charge in [-0.2, -0.15) is 9.40 Å². The van der Waals surface area contributed by atoms with E-state index in [0.717, 1.165) is 12.1 Å². The fraction of sp³-hybridized carbons (Fsp3) is 0.412. The maximum atomic E-state index is 13.0. The molecule has 9 heteroatoms. The van der Waals surface area contributed by atoms with Crippen LogP contribution in [0.2, 0.25) is 10.0 Å². The van der Waals surface area contributed by atoms with Gasteiger partial charge in [0, 0.05) is 17.6 Å². The zero-order valence-corrected chi connectivity index (χ0v) is 16.8. The van der Waals surface area contributed by atoms with Gasteiger partial charge in [-0.15, -0.1) is 5.10 Å². The number of aryl methyl sites for hydroxylation is 2. The highest BCUT2D eigenvalue weighted by Gasteiger charge is 2.33. The molecule has 1 unspecified atom stereocenters. The quantitative estimate of drug-likeness (QED) is 0.761.